The van der Waals surface area contributed by atoms with Crippen LogP contribution in [0.15, 0.2) is 12.4 Å². The maximum absolute atomic E-state index is 5.53. The van der Waals surface area contributed by atoms with Crippen LogP contribution in [0.25, 0.3) is 0 Å². The van der Waals surface area contributed by atoms with Crippen molar-refractivity contribution in [1.82, 2.24) is 4.57 Å². The van der Waals surface area contributed by atoms with Crippen LogP contribution in [0.5, 0.6) is 11.5 Å². The molecule has 2 heterocycles. The minimum atomic E-state index is 0.767. The lowest BCUT2D eigenvalue weighted by Crippen LogP contribution is -2.00. The van der Waals surface area contributed by atoms with E-state index in [-0.39, 0.29) is 0 Å². The van der Waals surface area contributed by atoms with E-state index in [1.165, 1.54) is 0 Å². The second kappa shape index (κ2) is 3.73. The quantitative estimate of drug-likeness (QED) is 0.697. The highest BCUT2D eigenvalue weighted by molar-refractivity contribution is 5.38. The van der Waals surface area contributed by atoms with Gasteiger partial charge in [-0.25, -0.2) is 0 Å². The van der Waals surface area contributed by atoms with E-state index in [0.717, 1.165) is 44.1 Å². The highest BCUT2D eigenvalue weighted by atomic mass is 16.5. The number of hydrogen-bond acceptors (Lipinski definition) is 2. The summed E-state index contributed by atoms with van der Waals surface area (Å²) in [5, 5.41) is 0. The van der Waals surface area contributed by atoms with Crippen molar-refractivity contribution in [2.45, 2.75) is 26.3 Å². The van der Waals surface area contributed by atoms with Gasteiger partial charge in [-0.1, -0.05) is 6.92 Å². The first kappa shape index (κ1) is 8.48. The standard InChI is InChI=1S/C10H15NO2/c1-2-4-11-7-9-10(8-11)13-6-3-5-12-9/h7-8H,2-6H2,1H3. The third-order valence-corrected chi connectivity index (χ3v) is 2.09. The Morgan fingerprint density at radius 3 is 2.38 bits per heavy atom. The second-order valence-corrected chi connectivity index (χ2v) is 3.28. The summed E-state index contributed by atoms with van der Waals surface area (Å²) in [6.07, 6.45) is 6.14. The molecule has 1 aliphatic heterocycles. The fourth-order valence-electron chi connectivity index (χ4n) is 1.49. The molecule has 1 aliphatic rings. The van der Waals surface area contributed by atoms with Gasteiger partial charge in [0.15, 0.2) is 11.5 Å². The van der Waals surface area contributed by atoms with E-state index >= 15 is 0 Å². The highest BCUT2D eigenvalue weighted by Crippen LogP contribution is 2.30. The molecule has 0 amide bonds. The lowest BCUT2D eigenvalue weighted by Gasteiger charge is -1.99. The molecule has 0 spiro atoms. The molecule has 13 heavy (non-hydrogen) atoms. The highest BCUT2D eigenvalue weighted by Gasteiger charge is 2.12. The Labute approximate surface area is 78.3 Å². The van der Waals surface area contributed by atoms with Crippen LogP contribution in [-0.4, -0.2) is 17.8 Å². The first-order valence-electron chi connectivity index (χ1n) is 4.85. The number of nitrogens with zero attached hydrogens (tertiary/aromatic N) is 1. The molecule has 3 nitrogen and oxygen atoms in total. The predicted octanol–water partition coefficient (Wildman–Crippen LogP) is 2.06. The Morgan fingerprint density at radius 1 is 1.23 bits per heavy atom. The number of aromatic nitrogens is 1. The zero-order valence-electron chi connectivity index (χ0n) is 7.95. The van der Waals surface area contributed by atoms with Crippen LogP contribution >= 0.6 is 0 Å². The van der Waals surface area contributed by atoms with E-state index in [0.29, 0.717) is 0 Å². The normalized spacial score (nSPS) is 15.5. The van der Waals surface area contributed by atoms with Crippen LogP contribution < -0.4 is 9.47 Å². The Balaban J connectivity index is 2.17. The van der Waals surface area contributed by atoms with Crippen LogP contribution in [0.2, 0.25) is 0 Å². The van der Waals surface area contributed by atoms with Crippen LogP contribution in [-0.2, 0) is 6.54 Å². The van der Waals surface area contributed by atoms with Crippen LogP contribution in [0, 0.1) is 0 Å². The zero-order valence-corrected chi connectivity index (χ0v) is 7.95. The molecule has 0 aliphatic carbocycles. The van der Waals surface area contributed by atoms with Crippen molar-refractivity contribution in [3.63, 3.8) is 0 Å². The van der Waals surface area contributed by atoms with Crippen molar-refractivity contribution in [1.29, 1.82) is 0 Å². The van der Waals surface area contributed by atoms with Gasteiger partial charge in [0.1, 0.15) is 0 Å². The summed E-state index contributed by atoms with van der Waals surface area (Å²) < 4.78 is 13.2. The molecular weight excluding hydrogens is 166 g/mol. The summed E-state index contributed by atoms with van der Waals surface area (Å²) in [6, 6.07) is 0. The first-order chi connectivity index (χ1) is 6.40. The van der Waals surface area contributed by atoms with Gasteiger partial charge in [0.25, 0.3) is 0 Å². The molecule has 0 bridgehead atoms. The molecule has 0 radical (unpaired) electrons. The van der Waals surface area contributed by atoms with Gasteiger partial charge in [0, 0.05) is 25.4 Å². The molecule has 72 valence electrons. The monoisotopic (exact) mass is 181 g/mol. The van der Waals surface area contributed by atoms with Gasteiger partial charge in [0.05, 0.1) is 13.2 Å². The maximum atomic E-state index is 5.53. The Bertz CT molecular complexity index is 257. The molecule has 1 aromatic rings. The summed E-state index contributed by atoms with van der Waals surface area (Å²) in [5.41, 5.74) is 0. The largest absolute Gasteiger partial charge is 0.488 e. The third kappa shape index (κ3) is 1.79. The van der Waals surface area contributed by atoms with Gasteiger partial charge < -0.3 is 14.0 Å². The van der Waals surface area contributed by atoms with E-state index in [2.05, 4.69) is 11.5 Å². The van der Waals surface area contributed by atoms with Crippen molar-refractivity contribution >= 4 is 0 Å². The van der Waals surface area contributed by atoms with Gasteiger partial charge in [-0.2, -0.15) is 0 Å². The summed E-state index contributed by atoms with van der Waals surface area (Å²) in [7, 11) is 0. The number of fused-ring (bicyclic) bond motifs is 1. The number of aryl methyl sites for hydroxylation is 1. The average Bonchev–Trinajstić information content (AvgIpc) is 2.37. The van der Waals surface area contributed by atoms with E-state index in [1.807, 2.05) is 12.4 Å². The van der Waals surface area contributed by atoms with Gasteiger partial charge in [-0.05, 0) is 6.42 Å². The first-order valence-corrected chi connectivity index (χ1v) is 4.85. The van der Waals surface area contributed by atoms with Crippen LogP contribution in [0.3, 0.4) is 0 Å². The Kier molecular flexibility index (Phi) is 2.43. The lowest BCUT2D eigenvalue weighted by molar-refractivity contribution is 0.293. The third-order valence-electron chi connectivity index (χ3n) is 2.09. The smallest absolute Gasteiger partial charge is 0.178 e. The van der Waals surface area contributed by atoms with Crippen LogP contribution in [0.1, 0.15) is 19.8 Å². The molecule has 0 fully saturated rings. The topological polar surface area (TPSA) is 23.4 Å². The average molecular weight is 181 g/mol. The fourth-order valence-corrected chi connectivity index (χ4v) is 1.49. The van der Waals surface area contributed by atoms with E-state index in [1.54, 1.807) is 0 Å². The Morgan fingerprint density at radius 2 is 1.85 bits per heavy atom. The lowest BCUT2D eigenvalue weighted by atomic mass is 10.5. The summed E-state index contributed by atoms with van der Waals surface area (Å²) >= 11 is 0. The van der Waals surface area contributed by atoms with Gasteiger partial charge >= 0.3 is 0 Å². The second-order valence-electron chi connectivity index (χ2n) is 3.28. The Hall–Kier alpha value is -1.12. The van der Waals surface area contributed by atoms with Crippen molar-refractivity contribution in [3.8, 4) is 11.5 Å². The molecule has 0 unspecified atom stereocenters. The van der Waals surface area contributed by atoms with Crippen molar-refractivity contribution < 1.29 is 9.47 Å². The minimum absolute atomic E-state index is 0.767. The molecule has 2 rings (SSSR count). The molecule has 3 heteroatoms. The van der Waals surface area contributed by atoms with Gasteiger partial charge in [-0.3, -0.25) is 0 Å². The number of rotatable bonds is 2. The molecule has 0 saturated heterocycles. The van der Waals surface area contributed by atoms with E-state index < -0.39 is 0 Å². The zero-order chi connectivity index (χ0) is 9.10. The molecule has 0 saturated carbocycles. The SMILES string of the molecule is CCCn1cc2c(c1)OCCCO2. The van der Waals surface area contributed by atoms with E-state index in [4.69, 9.17) is 9.47 Å². The molecule has 0 N–H and O–H groups in total. The van der Waals surface area contributed by atoms with Gasteiger partial charge in [-0.15, -0.1) is 0 Å². The summed E-state index contributed by atoms with van der Waals surface area (Å²) in [5.74, 6) is 1.79. The van der Waals surface area contributed by atoms with Gasteiger partial charge in [0.2, 0.25) is 0 Å². The van der Waals surface area contributed by atoms with E-state index in [9.17, 15) is 0 Å². The number of ether oxygens (including phenoxy) is 2. The van der Waals surface area contributed by atoms with Crippen molar-refractivity contribution in [2.75, 3.05) is 13.2 Å². The number of hydrogen-bond donors (Lipinski definition) is 0. The maximum Gasteiger partial charge on any atom is 0.178 e. The summed E-state index contributed by atoms with van der Waals surface area (Å²) in [4.78, 5) is 0. The molecular formula is C10H15NO2. The summed E-state index contributed by atoms with van der Waals surface area (Å²) in [6.45, 7) is 4.72. The molecule has 0 atom stereocenters. The van der Waals surface area contributed by atoms with Crippen molar-refractivity contribution in [2.24, 2.45) is 0 Å². The molecule has 1 aromatic heterocycles. The molecule has 0 aromatic carbocycles. The predicted molar refractivity (Wildman–Crippen MR) is 50.3 cm³/mol. The minimum Gasteiger partial charge on any atom is -0.488 e. The van der Waals surface area contributed by atoms with Crippen molar-refractivity contribution in [3.05, 3.63) is 12.4 Å². The fraction of sp³-hybridized carbons (Fsp3) is 0.600. The van der Waals surface area contributed by atoms with Crippen LogP contribution in [0.4, 0.5) is 0 Å².